The lowest BCUT2D eigenvalue weighted by Gasteiger charge is -2.38. The topological polar surface area (TPSA) is 108 Å². The predicted molar refractivity (Wildman–Crippen MR) is 116 cm³/mol. The van der Waals surface area contributed by atoms with E-state index in [-0.39, 0.29) is 25.4 Å². The highest BCUT2D eigenvalue weighted by molar-refractivity contribution is 5.90. The molecule has 0 saturated carbocycles. The van der Waals surface area contributed by atoms with Gasteiger partial charge in [0.2, 0.25) is 5.88 Å². The smallest absolute Gasteiger partial charge is 0.414 e. The maximum absolute atomic E-state index is 15.0. The van der Waals surface area contributed by atoms with Crippen LogP contribution in [0, 0.1) is 5.82 Å². The molecule has 3 aliphatic heterocycles. The summed E-state index contributed by atoms with van der Waals surface area (Å²) in [6.45, 7) is 4.45. The molecule has 12 heteroatoms. The molecular formula is C22H26FN5O6. The largest absolute Gasteiger partial charge is 0.442 e. The number of ether oxygens (including phenoxy) is 4. The molecule has 2 aromatic rings. The van der Waals surface area contributed by atoms with Crippen molar-refractivity contribution in [2.75, 3.05) is 42.6 Å². The second kappa shape index (κ2) is 9.18. The van der Waals surface area contributed by atoms with Crippen LogP contribution in [0.15, 0.2) is 24.4 Å². The van der Waals surface area contributed by atoms with Crippen LogP contribution in [0.5, 0.6) is 5.88 Å². The van der Waals surface area contributed by atoms with Crippen LogP contribution in [-0.2, 0) is 25.5 Å². The van der Waals surface area contributed by atoms with Gasteiger partial charge >= 0.3 is 12.1 Å². The number of aromatic nitrogens is 3. The molecule has 34 heavy (non-hydrogen) atoms. The number of carbonyl (C=O) groups excluding carboxylic acids is 2. The summed E-state index contributed by atoms with van der Waals surface area (Å²) in [4.78, 5) is 27.4. The summed E-state index contributed by atoms with van der Waals surface area (Å²) < 4.78 is 38.5. The summed E-state index contributed by atoms with van der Waals surface area (Å²) in [5, 5.41) is 7.64. The van der Waals surface area contributed by atoms with Crippen LogP contribution >= 0.6 is 0 Å². The zero-order chi connectivity index (χ0) is 23.7. The fourth-order valence-electron chi connectivity index (χ4n) is 4.46. The van der Waals surface area contributed by atoms with Crippen LogP contribution in [0.2, 0.25) is 0 Å². The predicted octanol–water partition coefficient (Wildman–Crippen LogP) is 2.10. The highest BCUT2D eigenvalue weighted by Gasteiger charge is 2.40. The van der Waals surface area contributed by atoms with Gasteiger partial charge in [0, 0.05) is 32.4 Å². The number of anilines is 2. The summed E-state index contributed by atoms with van der Waals surface area (Å²) in [7, 11) is 0. The van der Waals surface area contributed by atoms with Crippen molar-refractivity contribution in [3.63, 3.8) is 0 Å². The van der Waals surface area contributed by atoms with E-state index in [0.29, 0.717) is 50.5 Å². The standard InChI is InChI=1S/C22H26FN5O6/c1-2-20(29)34-19-12-24-25-28(19)14-16-13-27(21(30)33-16)15-3-4-18(17(23)11-15)26-7-5-22(6-8-26)31-9-10-32-22/h3-4,11-12,16H,2,5-10,13-14H2,1H3/t16-/m1/s1. The monoisotopic (exact) mass is 475 g/mol. The Morgan fingerprint density at radius 3 is 2.74 bits per heavy atom. The molecule has 0 unspecified atom stereocenters. The minimum atomic E-state index is -0.584. The van der Waals surface area contributed by atoms with Gasteiger partial charge in [-0.15, -0.1) is 5.10 Å². The number of esters is 1. The van der Waals surface area contributed by atoms with E-state index in [4.69, 9.17) is 18.9 Å². The second-order valence-electron chi connectivity index (χ2n) is 8.43. The molecule has 1 spiro atoms. The highest BCUT2D eigenvalue weighted by atomic mass is 19.1. The Morgan fingerprint density at radius 2 is 2.03 bits per heavy atom. The quantitative estimate of drug-likeness (QED) is 0.580. The lowest BCUT2D eigenvalue weighted by molar-refractivity contribution is -0.169. The zero-order valence-electron chi connectivity index (χ0n) is 18.8. The third-order valence-corrected chi connectivity index (χ3v) is 6.26. The van der Waals surface area contributed by atoms with E-state index in [1.807, 2.05) is 4.90 Å². The number of nitrogens with zero attached hydrogens (tertiary/aromatic N) is 5. The Balaban J connectivity index is 1.23. The molecule has 1 aromatic carbocycles. The van der Waals surface area contributed by atoms with Crippen LogP contribution in [0.25, 0.3) is 0 Å². The Kier molecular flexibility index (Phi) is 6.09. The number of cyclic esters (lactones) is 1. The molecule has 0 bridgehead atoms. The van der Waals surface area contributed by atoms with Crippen molar-refractivity contribution >= 4 is 23.4 Å². The van der Waals surface area contributed by atoms with Gasteiger partial charge in [-0.3, -0.25) is 9.69 Å². The van der Waals surface area contributed by atoms with E-state index < -0.39 is 29.8 Å². The molecule has 1 amide bonds. The van der Waals surface area contributed by atoms with Crippen molar-refractivity contribution < 1.29 is 32.9 Å². The fourth-order valence-corrected chi connectivity index (χ4v) is 4.46. The second-order valence-corrected chi connectivity index (χ2v) is 8.43. The number of amides is 1. The van der Waals surface area contributed by atoms with Gasteiger partial charge in [0.1, 0.15) is 18.1 Å². The van der Waals surface area contributed by atoms with E-state index >= 15 is 4.39 Å². The molecular weight excluding hydrogens is 449 g/mol. The molecule has 3 saturated heterocycles. The van der Waals surface area contributed by atoms with E-state index in [0.717, 1.165) is 0 Å². The summed E-state index contributed by atoms with van der Waals surface area (Å²) in [6, 6.07) is 4.73. The number of halogens is 1. The van der Waals surface area contributed by atoms with Crippen LogP contribution in [0.3, 0.4) is 0 Å². The summed E-state index contributed by atoms with van der Waals surface area (Å²) >= 11 is 0. The molecule has 1 aromatic heterocycles. The number of carbonyl (C=O) groups is 2. The van der Waals surface area contributed by atoms with Gasteiger partial charge in [-0.05, 0) is 18.2 Å². The first kappa shape index (κ1) is 22.5. The molecule has 3 aliphatic rings. The fraction of sp³-hybridized carbons (Fsp3) is 0.545. The molecule has 0 aliphatic carbocycles. The summed E-state index contributed by atoms with van der Waals surface area (Å²) in [5.74, 6) is -1.19. The molecule has 3 fully saturated rings. The average Bonchev–Trinajstić information content (AvgIpc) is 3.56. The first-order valence-corrected chi connectivity index (χ1v) is 11.4. The highest BCUT2D eigenvalue weighted by Crippen LogP contribution is 2.35. The summed E-state index contributed by atoms with van der Waals surface area (Å²) in [5.41, 5.74) is 0.881. The van der Waals surface area contributed by atoms with Crippen LogP contribution in [-0.4, -0.2) is 71.8 Å². The van der Waals surface area contributed by atoms with E-state index in [1.165, 1.54) is 21.8 Å². The van der Waals surface area contributed by atoms with Gasteiger partial charge in [-0.1, -0.05) is 12.1 Å². The molecule has 1 atom stereocenters. The lowest BCUT2D eigenvalue weighted by atomic mass is 10.0. The normalized spacial score (nSPS) is 21.8. The molecule has 0 N–H and O–H groups in total. The van der Waals surface area contributed by atoms with Crippen molar-refractivity contribution in [3.05, 3.63) is 30.2 Å². The van der Waals surface area contributed by atoms with E-state index in [2.05, 4.69) is 10.3 Å². The molecule has 0 radical (unpaired) electrons. The lowest BCUT2D eigenvalue weighted by Crippen LogP contribution is -2.45. The number of piperidine rings is 1. The van der Waals surface area contributed by atoms with Crippen LogP contribution in [0.1, 0.15) is 26.2 Å². The van der Waals surface area contributed by atoms with Gasteiger partial charge in [-0.25, -0.2) is 13.9 Å². The van der Waals surface area contributed by atoms with Crippen molar-refractivity contribution in [2.45, 2.75) is 44.6 Å². The van der Waals surface area contributed by atoms with Gasteiger partial charge in [0.25, 0.3) is 0 Å². The minimum Gasteiger partial charge on any atom is -0.442 e. The van der Waals surface area contributed by atoms with Crippen molar-refractivity contribution in [3.8, 4) is 5.88 Å². The Morgan fingerprint density at radius 1 is 1.26 bits per heavy atom. The first-order valence-electron chi connectivity index (χ1n) is 11.4. The van der Waals surface area contributed by atoms with Crippen molar-refractivity contribution in [1.29, 1.82) is 0 Å². The first-order chi connectivity index (χ1) is 16.5. The Bertz CT molecular complexity index is 1060. The van der Waals surface area contributed by atoms with Crippen LogP contribution < -0.4 is 14.5 Å². The third kappa shape index (κ3) is 4.42. The Hall–Kier alpha value is -3.25. The molecule has 5 rings (SSSR count). The number of hydrogen-bond acceptors (Lipinski definition) is 9. The average molecular weight is 475 g/mol. The Labute approximate surface area is 195 Å². The zero-order valence-corrected chi connectivity index (χ0v) is 18.8. The summed E-state index contributed by atoms with van der Waals surface area (Å²) in [6.07, 6.45) is 1.72. The minimum absolute atomic E-state index is 0.148. The van der Waals surface area contributed by atoms with Gasteiger partial charge in [-0.2, -0.15) is 0 Å². The van der Waals surface area contributed by atoms with E-state index in [9.17, 15) is 9.59 Å². The van der Waals surface area contributed by atoms with Crippen molar-refractivity contribution in [2.24, 2.45) is 0 Å². The van der Waals surface area contributed by atoms with Gasteiger partial charge in [0.05, 0.1) is 37.7 Å². The van der Waals surface area contributed by atoms with Gasteiger partial charge in [0.15, 0.2) is 5.79 Å². The van der Waals surface area contributed by atoms with Gasteiger partial charge < -0.3 is 23.8 Å². The molecule has 182 valence electrons. The van der Waals surface area contributed by atoms with Crippen molar-refractivity contribution in [1.82, 2.24) is 15.0 Å². The number of benzene rings is 1. The maximum atomic E-state index is 15.0. The van der Waals surface area contributed by atoms with E-state index in [1.54, 1.807) is 19.1 Å². The maximum Gasteiger partial charge on any atom is 0.414 e. The number of hydrogen-bond donors (Lipinski definition) is 0. The SMILES string of the molecule is CCC(=O)Oc1cnnn1C[C@H]1CN(c2ccc(N3CCC4(CC3)OCCO4)c(F)c2)C(=O)O1. The molecule has 11 nitrogen and oxygen atoms in total. The van der Waals surface area contributed by atoms with Crippen LogP contribution in [0.4, 0.5) is 20.6 Å². The number of rotatable bonds is 6. The molecule has 4 heterocycles. The third-order valence-electron chi connectivity index (χ3n) is 6.26.